The van der Waals surface area contributed by atoms with Crippen LogP contribution in [0.4, 0.5) is 4.39 Å². The highest BCUT2D eigenvalue weighted by Gasteiger charge is 2.58. The van der Waals surface area contributed by atoms with E-state index in [1.165, 1.54) is 12.1 Å². The molecule has 1 saturated carbocycles. The number of amides is 1. The standard InChI is InChI=1S/C29H36FN3O5/c1-28(2)37-25-16-29(27(34)32-12-13-33(3)4,36-18-20-8-7-11-23(30)14-20)15-24(26(25)38-28)35-19-22-10-6-5-9-21(22)17-31/h5-11,14,24-26H,12-13,15-16,18-19H2,1-4H3,(H,32,34)/t24-,25+,26-,29+/m0/s1. The van der Waals surface area contributed by atoms with Gasteiger partial charge in [-0.2, -0.15) is 5.26 Å². The Morgan fingerprint density at radius 3 is 2.68 bits per heavy atom. The first-order chi connectivity index (χ1) is 18.1. The van der Waals surface area contributed by atoms with Crippen LogP contribution in [0.25, 0.3) is 0 Å². The van der Waals surface area contributed by atoms with Gasteiger partial charge in [0, 0.05) is 25.9 Å². The molecule has 1 saturated heterocycles. The van der Waals surface area contributed by atoms with Crippen LogP contribution < -0.4 is 5.32 Å². The smallest absolute Gasteiger partial charge is 0.252 e. The van der Waals surface area contributed by atoms with Crippen molar-refractivity contribution in [3.8, 4) is 6.07 Å². The van der Waals surface area contributed by atoms with Crippen molar-refractivity contribution in [2.24, 2.45) is 0 Å². The number of nitrogens with zero attached hydrogens (tertiary/aromatic N) is 2. The van der Waals surface area contributed by atoms with Crippen molar-refractivity contribution in [1.82, 2.24) is 10.2 Å². The van der Waals surface area contributed by atoms with Gasteiger partial charge in [-0.25, -0.2) is 4.39 Å². The third-order valence-electron chi connectivity index (χ3n) is 6.90. The van der Waals surface area contributed by atoms with E-state index in [0.29, 0.717) is 24.2 Å². The molecule has 204 valence electrons. The molecule has 1 heterocycles. The lowest BCUT2D eigenvalue weighted by atomic mass is 9.78. The van der Waals surface area contributed by atoms with Crippen LogP contribution in [0.3, 0.4) is 0 Å². The number of fused-ring (bicyclic) bond motifs is 1. The molecule has 0 unspecified atom stereocenters. The lowest BCUT2D eigenvalue weighted by molar-refractivity contribution is -0.183. The average molecular weight is 526 g/mol. The molecule has 0 radical (unpaired) electrons. The van der Waals surface area contributed by atoms with E-state index in [4.69, 9.17) is 18.9 Å². The minimum Gasteiger partial charge on any atom is -0.371 e. The second-order valence-electron chi connectivity index (χ2n) is 10.6. The summed E-state index contributed by atoms with van der Waals surface area (Å²) < 4.78 is 39.0. The number of carbonyl (C=O) groups is 1. The Labute approximate surface area is 223 Å². The Balaban J connectivity index is 1.61. The Hall–Kier alpha value is -2.87. The van der Waals surface area contributed by atoms with Gasteiger partial charge in [-0.3, -0.25) is 4.79 Å². The summed E-state index contributed by atoms with van der Waals surface area (Å²) in [6, 6.07) is 15.6. The van der Waals surface area contributed by atoms with E-state index < -0.39 is 29.7 Å². The summed E-state index contributed by atoms with van der Waals surface area (Å²) >= 11 is 0. The van der Waals surface area contributed by atoms with Crippen molar-refractivity contribution in [1.29, 1.82) is 5.26 Å². The van der Waals surface area contributed by atoms with Crippen LogP contribution in [-0.4, -0.2) is 67.7 Å². The van der Waals surface area contributed by atoms with Crippen LogP contribution >= 0.6 is 0 Å². The molecule has 1 N–H and O–H groups in total. The van der Waals surface area contributed by atoms with Crippen LogP contribution in [0.15, 0.2) is 48.5 Å². The summed E-state index contributed by atoms with van der Waals surface area (Å²) in [4.78, 5) is 15.7. The Bertz CT molecular complexity index is 1170. The van der Waals surface area contributed by atoms with Gasteiger partial charge in [0.25, 0.3) is 5.91 Å². The maximum absolute atomic E-state index is 13.9. The fourth-order valence-electron chi connectivity index (χ4n) is 5.06. The first kappa shape index (κ1) is 28.1. The Morgan fingerprint density at radius 2 is 1.95 bits per heavy atom. The summed E-state index contributed by atoms with van der Waals surface area (Å²) in [7, 11) is 3.87. The number of nitrogens with one attached hydrogen (secondary N) is 1. The first-order valence-corrected chi connectivity index (χ1v) is 12.9. The zero-order valence-corrected chi connectivity index (χ0v) is 22.4. The fourth-order valence-corrected chi connectivity index (χ4v) is 5.06. The second kappa shape index (κ2) is 11.9. The monoisotopic (exact) mass is 525 g/mol. The molecule has 1 amide bonds. The normalized spacial score (nSPS) is 26.1. The Morgan fingerprint density at radius 1 is 1.16 bits per heavy atom. The van der Waals surface area contributed by atoms with Crippen molar-refractivity contribution in [3.63, 3.8) is 0 Å². The maximum Gasteiger partial charge on any atom is 0.252 e. The van der Waals surface area contributed by atoms with Gasteiger partial charge < -0.3 is 29.2 Å². The third-order valence-corrected chi connectivity index (χ3v) is 6.90. The van der Waals surface area contributed by atoms with Crippen LogP contribution in [-0.2, 0) is 37.0 Å². The van der Waals surface area contributed by atoms with Crippen LogP contribution in [0.2, 0.25) is 0 Å². The first-order valence-electron chi connectivity index (χ1n) is 12.9. The number of likely N-dealkylation sites (N-methyl/N-ethyl adjacent to an activating group) is 1. The van der Waals surface area contributed by atoms with Crippen molar-refractivity contribution in [2.75, 3.05) is 27.2 Å². The molecule has 0 spiro atoms. The predicted molar refractivity (Wildman–Crippen MR) is 138 cm³/mol. The van der Waals surface area contributed by atoms with E-state index in [2.05, 4.69) is 11.4 Å². The van der Waals surface area contributed by atoms with E-state index in [0.717, 1.165) is 5.56 Å². The largest absolute Gasteiger partial charge is 0.371 e. The molecular formula is C29H36FN3O5. The number of halogens is 1. The molecule has 1 aliphatic carbocycles. The molecule has 2 aromatic rings. The van der Waals surface area contributed by atoms with Gasteiger partial charge in [-0.1, -0.05) is 30.3 Å². The molecule has 0 aromatic heterocycles. The fraction of sp³-hybridized carbons (Fsp3) is 0.517. The SMILES string of the molecule is CN(C)CCNC(=O)[C@@]1(OCc2cccc(F)c2)C[C@H](OCc2ccccc2C#N)[C@@H]2OC(C)(C)O[C@@H]2C1. The number of carbonyl (C=O) groups excluding carboxylic acids is 1. The lowest BCUT2D eigenvalue weighted by Gasteiger charge is -2.43. The second-order valence-corrected chi connectivity index (χ2v) is 10.6. The molecule has 4 rings (SSSR count). The van der Waals surface area contributed by atoms with Crippen LogP contribution in [0.1, 0.15) is 43.4 Å². The van der Waals surface area contributed by atoms with Gasteiger partial charge in [0.15, 0.2) is 11.4 Å². The van der Waals surface area contributed by atoms with Gasteiger partial charge in [0.2, 0.25) is 0 Å². The molecule has 4 atom stereocenters. The number of hydrogen-bond acceptors (Lipinski definition) is 7. The number of rotatable bonds is 10. The minimum absolute atomic E-state index is 0.0461. The van der Waals surface area contributed by atoms with Crippen molar-refractivity contribution >= 4 is 5.91 Å². The molecular weight excluding hydrogens is 489 g/mol. The number of ether oxygens (including phenoxy) is 4. The lowest BCUT2D eigenvalue weighted by Crippen LogP contribution is -2.60. The van der Waals surface area contributed by atoms with Crippen molar-refractivity contribution in [3.05, 3.63) is 71.0 Å². The van der Waals surface area contributed by atoms with E-state index in [9.17, 15) is 14.4 Å². The van der Waals surface area contributed by atoms with E-state index in [-0.39, 0.29) is 37.8 Å². The molecule has 1 aliphatic heterocycles. The number of benzene rings is 2. The molecule has 38 heavy (non-hydrogen) atoms. The summed E-state index contributed by atoms with van der Waals surface area (Å²) in [6.45, 7) is 4.98. The summed E-state index contributed by atoms with van der Waals surface area (Å²) in [5, 5.41) is 12.5. The molecule has 2 aliphatic rings. The van der Waals surface area contributed by atoms with Gasteiger partial charge in [-0.15, -0.1) is 0 Å². The highest BCUT2D eigenvalue weighted by atomic mass is 19.1. The summed E-state index contributed by atoms with van der Waals surface area (Å²) in [5.41, 5.74) is 0.607. The zero-order valence-electron chi connectivity index (χ0n) is 22.4. The Kier molecular flexibility index (Phi) is 8.81. The average Bonchev–Trinajstić information content (AvgIpc) is 3.19. The van der Waals surface area contributed by atoms with Gasteiger partial charge in [0.05, 0.1) is 37.1 Å². The van der Waals surface area contributed by atoms with Crippen molar-refractivity contribution < 1.29 is 28.1 Å². The van der Waals surface area contributed by atoms with Crippen LogP contribution in [0.5, 0.6) is 0 Å². The molecule has 0 bridgehead atoms. The highest BCUT2D eigenvalue weighted by Crippen LogP contribution is 2.44. The summed E-state index contributed by atoms with van der Waals surface area (Å²) in [6.07, 6.45) is -0.944. The predicted octanol–water partition coefficient (Wildman–Crippen LogP) is 3.53. The molecule has 9 heteroatoms. The number of hydrogen-bond donors (Lipinski definition) is 1. The highest BCUT2D eigenvalue weighted by molar-refractivity contribution is 5.85. The molecule has 2 aromatic carbocycles. The molecule has 2 fully saturated rings. The zero-order chi connectivity index (χ0) is 27.3. The van der Waals surface area contributed by atoms with Gasteiger partial charge in [0.1, 0.15) is 11.9 Å². The van der Waals surface area contributed by atoms with Crippen molar-refractivity contribution in [2.45, 2.75) is 69.6 Å². The van der Waals surface area contributed by atoms with Crippen LogP contribution in [0, 0.1) is 17.1 Å². The summed E-state index contributed by atoms with van der Waals surface area (Å²) in [5.74, 6) is -1.50. The number of nitriles is 1. The maximum atomic E-state index is 13.9. The molecule has 8 nitrogen and oxygen atoms in total. The van der Waals surface area contributed by atoms with Gasteiger partial charge in [-0.05, 0) is 57.3 Å². The van der Waals surface area contributed by atoms with E-state index in [1.54, 1.807) is 24.3 Å². The van der Waals surface area contributed by atoms with Gasteiger partial charge >= 0.3 is 0 Å². The van der Waals surface area contributed by atoms with E-state index in [1.807, 2.05) is 45.0 Å². The third kappa shape index (κ3) is 6.76. The quantitative estimate of drug-likeness (QED) is 0.507. The minimum atomic E-state index is -1.29. The van der Waals surface area contributed by atoms with E-state index >= 15 is 0 Å². The topological polar surface area (TPSA) is 93.1 Å².